The van der Waals surface area contributed by atoms with E-state index < -0.39 is 0 Å². The summed E-state index contributed by atoms with van der Waals surface area (Å²) in [6, 6.07) is 7.55. The highest BCUT2D eigenvalue weighted by atomic mass is 16.5. The number of carbonyl (C=O) groups excluding carboxylic acids is 1. The Bertz CT molecular complexity index is 467. The van der Waals surface area contributed by atoms with Crippen LogP contribution in [0.3, 0.4) is 0 Å². The van der Waals surface area contributed by atoms with Crippen LogP contribution in [0.5, 0.6) is 5.75 Å². The molecular weight excluding hydrogens is 252 g/mol. The van der Waals surface area contributed by atoms with E-state index in [1.54, 1.807) is 19.1 Å². The van der Waals surface area contributed by atoms with Gasteiger partial charge in [0.1, 0.15) is 5.75 Å². The molecule has 0 saturated heterocycles. The summed E-state index contributed by atoms with van der Waals surface area (Å²) in [6.45, 7) is 0. The highest BCUT2D eigenvalue weighted by Gasteiger charge is 2.31. The molecule has 1 aromatic rings. The van der Waals surface area contributed by atoms with Crippen molar-refractivity contribution in [2.75, 3.05) is 19.1 Å². The zero-order valence-electron chi connectivity index (χ0n) is 12.4. The number of hydrogen-bond acceptors (Lipinski definition) is 3. The maximum atomic E-state index is 12.5. The first-order chi connectivity index (χ1) is 9.56. The molecule has 1 amide bonds. The van der Waals surface area contributed by atoms with E-state index >= 15 is 0 Å². The largest absolute Gasteiger partial charge is 0.495 e. The highest BCUT2D eigenvalue weighted by Crippen LogP contribution is 2.31. The predicted molar refractivity (Wildman–Crippen MR) is 81.0 cm³/mol. The van der Waals surface area contributed by atoms with Gasteiger partial charge in [-0.05, 0) is 25.0 Å². The Morgan fingerprint density at radius 2 is 1.95 bits per heavy atom. The fourth-order valence-electron chi connectivity index (χ4n) is 2.89. The van der Waals surface area contributed by atoms with Crippen LogP contribution in [0.15, 0.2) is 24.3 Å². The summed E-state index contributed by atoms with van der Waals surface area (Å²) in [7, 11) is 3.40. The number of nitrogens with zero attached hydrogens (tertiary/aromatic N) is 1. The zero-order valence-corrected chi connectivity index (χ0v) is 12.4. The van der Waals surface area contributed by atoms with Crippen LogP contribution in [0.2, 0.25) is 0 Å². The summed E-state index contributed by atoms with van der Waals surface area (Å²) in [5.41, 5.74) is 6.83. The number of carbonyl (C=O) groups is 1. The van der Waals surface area contributed by atoms with Crippen molar-refractivity contribution in [1.29, 1.82) is 0 Å². The molecule has 0 unspecified atom stereocenters. The normalized spacial score (nSPS) is 17.6. The van der Waals surface area contributed by atoms with Gasteiger partial charge in [0.15, 0.2) is 0 Å². The van der Waals surface area contributed by atoms with Crippen molar-refractivity contribution >= 4 is 11.6 Å². The molecule has 2 N–H and O–H groups in total. The molecule has 0 heterocycles. The second-order valence-electron chi connectivity index (χ2n) is 5.72. The molecule has 4 heteroatoms. The fraction of sp³-hybridized carbons (Fsp3) is 0.562. The second-order valence-corrected chi connectivity index (χ2v) is 5.72. The SMILES string of the molecule is COc1ccccc1N(C)C(=O)CC1(N)CCCCC1. The first kappa shape index (κ1) is 14.9. The van der Waals surface area contributed by atoms with Gasteiger partial charge < -0.3 is 15.4 Å². The first-order valence-corrected chi connectivity index (χ1v) is 7.24. The molecule has 2 rings (SSSR count). The Morgan fingerprint density at radius 3 is 2.60 bits per heavy atom. The maximum Gasteiger partial charge on any atom is 0.228 e. The summed E-state index contributed by atoms with van der Waals surface area (Å²) >= 11 is 0. The molecule has 0 bridgehead atoms. The number of para-hydroxylation sites is 2. The summed E-state index contributed by atoms with van der Waals surface area (Å²) in [4.78, 5) is 14.1. The Balaban J connectivity index is 2.08. The van der Waals surface area contributed by atoms with E-state index in [1.165, 1.54) is 6.42 Å². The van der Waals surface area contributed by atoms with Gasteiger partial charge in [0.05, 0.1) is 12.8 Å². The molecule has 1 saturated carbocycles. The van der Waals surface area contributed by atoms with Gasteiger partial charge in [-0.2, -0.15) is 0 Å². The van der Waals surface area contributed by atoms with Crippen molar-refractivity contribution in [2.24, 2.45) is 5.73 Å². The third kappa shape index (κ3) is 3.31. The van der Waals surface area contributed by atoms with Crippen LogP contribution >= 0.6 is 0 Å². The van der Waals surface area contributed by atoms with Crippen LogP contribution < -0.4 is 15.4 Å². The number of nitrogens with two attached hydrogens (primary N) is 1. The maximum absolute atomic E-state index is 12.5. The lowest BCUT2D eigenvalue weighted by Gasteiger charge is -2.34. The van der Waals surface area contributed by atoms with Gasteiger partial charge in [-0.3, -0.25) is 4.79 Å². The fourth-order valence-corrected chi connectivity index (χ4v) is 2.89. The molecular formula is C16H24N2O2. The topological polar surface area (TPSA) is 55.6 Å². The van der Waals surface area contributed by atoms with Crippen LogP contribution in [0.25, 0.3) is 0 Å². The standard InChI is InChI=1S/C16H24N2O2/c1-18(13-8-4-5-9-14(13)20-2)15(19)12-16(17)10-6-3-7-11-16/h4-5,8-9H,3,6-7,10-12,17H2,1-2H3. The number of hydrogen-bond donors (Lipinski definition) is 1. The summed E-state index contributed by atoms with van der Waals surface area (Å²) in [5.74, 6) is 0.761. The van der Waals surface area contributed by atoms with E-state index in [0.717, 1.165) is 31.4 Å². The van der Waals surface area contributed by atoms with Gasteiger partial charge in [0.25, 0.3) is 0 Å². The van der Waals surface area contributed by atoms with E-state index in [4.69, 9.17) is 10.5 Å². The lowest BCUT2D eigenvalue weighted by molar-refractivity contribution is -0.119. The van der Waals surface area contributed by atoms with Gasteiger partial charge in [-0.1, -0.05) is 31.4 Å². The number of methoxy groups -OCH3 is 1. The highest BCUT2D eigenvalue weighted by molar-refractivity contribution is 5.95. The monoisotopic (exact) mass is 276 g/mol. The Kier molecular flexibility index (Phi) is 4.65. The molecule has 0 aliphatic heterocycles. The summed E-state index contributed by atoms with van der Waals surface area (Å²) in [5, 5.41) is 0. The molecule has 0 radical (unpaired) electrons. The average molecular weight is 276 g/mol. The van der Waals surface area contributed by atoms with Gasteiger partial charge in [-0.15, -0.1) is 0 Å². The van der Waals surface area contributed by atoms with Gasteiger partial charge in [0, 0.05) is 19.0 Å². The Hall–Kier alpha value is -1.55. The number of amides is 1. The lowest BCUT2D eigenvalue weighted by atomic mass is 9.80. The van der Waals surface area contributed by atoms with Gasteiger partial charge in [-0.25, -0.2) is 0 Å². The molecule has 0 aromatic heterocycles. The van der Waals surface area contributed by atoms with Crippen LogP contribution in [-0.4, -0.2) is 25.6 Å². The van der Waals surface area contributed by atoms with Crippen molar-refractivity contribution in [2.45, 2.75) is 44.1 Å². The van der Waals surface area contributed by atoms with Crippen LogP contribution in [-0.2, 0) is 4.79 Å². The molecule has 1 aliphatic carbocycles. The van der Waals surface area contributed by atoms with E-state index in [0.29, 0.717) is 12.2 Å². The summed E-state index contributed by atoms with van der Waals surface area (Å²) < 4.78 is 5.31. The molecule has 1 aromatic carbocycles. The minimum Gasteiger partial charge on any atom is -0.495 e. The number of rotatable bonds is 4. The quantitative estimate of drug-likeness (QED) is 0.920. The van der Waals surface area contributed by atoms with Crippen molar-refractivity contribution in [1.82, 2.24) is 0 Å². The van der Waals surface area contributed by atoms with Gasteiger partial charge >= 0.3 is 0 Å². The third-order valence-electron chi connectivity index (χ3n) is 4.17. The van der Waals surface area contributed by atoms with Crippen LogP contribution in [0, 0.1) is 0 Å². The molecule has 0 spiro atoms. The van der Waals surface area contributed by atoms with Crippen LogP contribution in [0.1, 0.15) is 38.5 Å². The van der Waals surface area contributed by atoms with E-state index in [9.17, 15) is 4.79 Å². The lowest BCUT2D eigenvalue weighted by Crippen LogP contribution is -2.46. The molecule has 1 fully saturated rings. The summed E-state index contributed by atoms with van der Waals surface area (Å²) in [6.07, 6.45) is 5.78. The minimum absolute atomic E-state index is 0.0545. The second kappa shape index (κ2) is 6.27. The third-order valence-corrected chi connectivity index (χ3v) is 4.17. The first-order valence-electron chi connectivity index (χ1n) is 7.24. The van der Waals surface area contributed by atoms with Crippen molar-refractivity contribution in [3.8, 4) is 5.75 Å². The van der Waals surface area contributed by atoms with E-state index in [1.807, 2.05) is 24.3 Å². The smallest absolute Gasteiger partial charge is 0.228 e. The molecule has 110 valence electrons. The van der Waals surface area contributed by atoms with E-state index in [-0.39, 0.29) is 11.4 Å². The van der Waals surface area contributed by atoms with E-state index in [2.05, 4.69) is 0 Å². The number of benzene rings is 1. The van der Waals surface area contributed by atoms with Crippen LogP contribution in [0.4, 0.5) is 5.69 Å². The van der Waals surface area contributed by atoms with Crippen molar-refractivity contribution in [3.63, 3.8) is 0 Å². The molecule has 20 heavy (non-hydrogen) atoms. The Labute approximate surface area is 120 Å². The number of ether oxygens (including phenoxy) is 1. The molecule has 0 atom stereocenters. The van der Waals surface area contributed by atoms with Crippen molar-refractivity contribution in [3.05, 3.63) is 24.3 Å². The minimum atomic E-state index is -0.328. The zero-order chi connectivity index (χ0) is 14.6. The average Bonchev–Trinajstić information content (AvgIpc) is 2.46. The number of anilines is 1. The van der Waals surface area contributed by atoms with Gasteiger partial charge in [0.2, 0.25) is 5.91 Å². The predicted octanol–water partition coefficient (Wildman–Crippen LogP) is 2.71. The Morgan fingerprint density at radius 1 is 1.30 bits per heavy atom. The molecule has 1 aliphatic rings. The van der Waals surface area contributed by atoms with Crippen molar-refractivity contribution < 1.29 is 9.53 Å². The molecule has 4 nitrogen and oxygen atoms in total.